The van der Waals surface area contributed by atoms with Gasteiger partial charge < -0.3 is 10.6 Å². The molecule has 3 heteroatoms. The van der Waals surface area contributed by atoms with E-state index in [0.717, 1.165) is 37.5 Å². The second-order valence-corrected chi connectivity index (χ2v) is 6.10. The number of dihydropyridines is 1. The van der Waals surface area contributed by atoms with Crippen LogP contribution in [0.1, 0.15) is 47.5 Å². The van der Waals surface area contributed by atoms with Crippen LogP contribution < -0.4 is 5.73 Å². The summed E-state index contributed by atoms with van der Waals surface area (Å²) in [5.41, 5.74) is 7.00. The molecule has 0 saturated carbocycles. The van der Waals surface area contributed by atoms with E-state index in [1.807, 2.05) is 0 Å². The third-order valence-corrected chi connectivity index (χ3v) is 3.11. The van der Waals surface area contributed by atoms with Gasteiger partial charge in [0.25, 0.3) is 0 Å². The van der Waals surface area contributed by atoms with Crippen LogP contribution in [0.5, 0.6) is 0 Å². The first kappa shape index (κ1) is 15.1. The van der Waals surface area contributed by atoms with Gasteiger partial charge in [-0.05, 0) is 24.7 Å². The number of rotatable bonds is 5. The summed E-state index contributed by atoms with van der Waals surface area (Å²) in [5, 5.41) is 0. The highest BCUT2D eigenvalue weighted by Gasteiger charge is 2.21. The zero-order valence-corrected chi connectivity index (χ0v) is 12.6. The minimum Gasteiger partial charge on any atom is -0.396 e. The van der Waals surface area contributed by atoms with Crippen molar-refractivity contribution in [1.29, 1.82) is 0 Å². The van der Waals surface area contributed by atoms with E-state index < -0.39 is 0 Å². The van der Waals surface area contributed by atoms with Crippen molar-refractivity contribution in [2.24, 2.45) is 22.6 Å². The van der Waals surface area contributed by atoms with E-state index in [2.05, 4.69) is 45.6 Å². The Morgan fingerprint density at radius 1 is 1.28 bits per heavy atom. The molecule has 0 aromatic carbocycles. The van der Waals surface area contributed by atoms with Crippen molar-refractivity contribution < 1.29 is 0 Å². The van der Waals surface area contributed by atoms with Crippen molar-refractivity contribution >= 4 is 5.84 Å². The molecule has 0 saturated heterocycles. The molecule has 0 aromatic heterocycles. The van der Waals surface area contributed by atoms with Crippen molar-refractivity contribution in [2.45, 2.75) is 53.5 Å². The molecule has 0 aliphatic carbocycles. The normalized spacial score (nSPS) is 20.1. The average molecular weight is 251 g/mol. The van der Waals surface area contributed by atoms with Crippen LogP contribution in [0.25, 0.3) is 0 Å². The summed E-state index contributed by atoms with van der Waals surface area (Å²) in [5.74, 6) is 2.28. The monoisotopic (exact) mass is 251 g/mol. The van der Waals surface area contributed by atoms with Gasteiger partial charge in [0.05, 0.1) is 11.7 Å². The maximum Gasteiger partial charge on any atom is 0.147 e. The fourth-order valence-corrected chi connectivity index (χ4v) is 2.31. The molecular weight excluding hydrogens is 222 g/mol. The first-order valence-corrected chi connectivity index (χ1v) is 7.22. The molecule has 18 heavy (non-hydrogen) atoms. The van der Waals surface area contributed by atoms with Gasteiger partial charge in [0.2, 0.25) is 0 Å². The number of nitrogens with zero attached hydrogens (tertiary/aromatic N) is 2. The average Bonchev–Trinajstić information content (AvgIpc) is 2.27. The number of nitrogens with two attached hydrogens (primary N) is 1. The van der Waals surface area contributed by atoms with E-state index in [1.165, 1.54) is 0 Å². The second kappa shape index (κ2) is 6.81. The third kappa shape index (κ3) is 4.35. The minimum absolute atomic E-state index is 0.411. The quantitative estimate of drug-likeness (QED) is 0.816. The van der Waals surface area contributed by atoms with Gasteiger partial charge in [-0.25, -0.2) is 0 Å². The van der Waals surface area contributed by atoms with Gasteiger partial charge in [-0.15, -0.1) is 0 Å². The minimum atomic E-state index is 0.411. The summed E-state index contributed by atoms with van der Waals surface area (Å²) in [6.45, 7) is 13.2. The Morgan fingerprint density at radius 2 is 1.83 bits per heavy atom. The van der Waals surface area contributed by atoms with Crippen LogP contribution in [-0.4, -0.2) is 29.9 Å². The van der Waals surface area contributed by atoms with Gasteiger partial charge in [-0.1, -0.05) is 40.7 Å². The standard InChI is InChI=1S/C15H29N3/c1-6-13-7-8-14(16)15(17-13)18(9-11(2)3)10-12(4)5/h8,11-13H,6-7,9-10,16H2,1-5H3/t13-/m1/s1. The molecule has 0 bridgehead atoms. The van der Waals surface area contributed by atoms with E-state index >= 15 is 0 Å². The van der Waals surface area contributed by atoms with Crippen LogP contribution >= 0.6 is 0 Å². The van der Waals surface area contributed by atoms with Crippen molar-refractivity contribution in [3.63, 3.8) is 0 Å². The largest absolute Gasteiger partial charge is 0.396 e. The summed E-state index contributed by atoms with van der Waals surface area (Å²) < 4.78 is 0. The summed E-state index contributed by atoms with van der Waals surface area (Å²) in [4.78, 5) is 7.20. The molecule has 0 spiro atoms. The second-order valence-electron chi connectivity index (χ2n) is 6.10. The van der Waals surface area contributed by atoms with Crippen molar-refractivity contribution in [3.8, 4) is 0 Å². The summed E-state index contributed by atoms with van der Waals surface area (Å²) in [7, 11) is 0. The molecule has 0 amide bonds. The summed E-state index contributed by atoms with van der Waals surface area (Å²) >= 11 is 0. The van der Waals surface area contributed by atoms with Crippen LogP contribution in [-0.2, 0) is 0 Å². The summed E-state index contributed by atoms with van der Waals surface area (Å²) in [6.07, 6.45) is 4.22. The van der Waals surface area contributed by atoms with Crippen LogP contribution in [0.15, 0.2) is 16.8 Å². The number of hydrogen-bond acceptors (Lipinski definition) is 3. The van der Waals surface area contributed by atoms with Crippen molar-refractivity contribution in [2.75, 3.05) is 13.1 Å². The highest BCUT2D eigenvalue weighted by atomic mass is 15.2. The Balaban J connectivity index is 2.87. The Bertz CT molecular complexity index is 306. The predicted octanol–water partition coefficient (Wildman–Crippen LogP) is 3.02. The Morgan fingerprint density at radius 3 is 2.28 bits per heavy atom. The molecule has 2 N–H and O–H groups in total. The fourth-order valence-electron chi connectivity index (χ4n) is 2.31. The van der Waals surface area contributed by atoms with Crippen LogP contribution in [0.4, 0.5) is 0 Å². The molecule has 0 aromatic rings. The lowest BCUT2D eigenvalue weighted by Crippen LogP contribution is -2.41. The molecule has 0 radical (unpaired) electrons. The molecule has 1 atom stereocenters. The lowest BCUT2D eigenvalue weighted by atomic mass is 10.1. The fraction of sp³-hybridized carbons (Fsp3) is 0.800. The van der Waals surface area contributed by atoms with Crippen LogP contribution in [0.2, 0.25) is 0 Å². The van der Waals surface area contributed by atoms with E-state index in [1.54, 1.807) is 0 Å². The first-order valence-electron chi connectivity index (χ1n) is 7.22. The molecule has 1 rings (SSSR count). The highest BCUT2D eigenvalue weighted by molar-refractivity contribution is 5.98. The van der Waals surface area contributed by atoms with Gasteiger partial charge >= 0.3 is 0 Å². The zero-order valence-electron chi connectivity index (χ0n) is 12.6. The smallest absolute Gasteiger partial charge is 0.147 e. The van der Waals surface area contributed by atoms with Gasteiger partial charge in [0.1, 0.15) is 5.84 Å². The van der Waals surface area contributed by atoms with Crippen molar-refractivity contribution in [1.82, 2.24) is 4.90 Å². The van der Waals surface area contributed by atoms with Gasteiger partial charge in [-0.3, -0.25) is 4.99 Å². The van der Waals surface area contributed by atoms with Crippen LogP contribution in [0, 0.1) is 11.8 Å². The SMILES string of the molecule is CC[C@@H]1CC=C(N)C(N(CC(C)C)CC(C)C)=N1. The predicted molar refractivity (Wildman–Crippen MR) is 79.7 cm³/mol. The topological polar surface area (TPSA) is 41.6 Å². The number of hydrogen-bond donors (Lipinski definition) is 1. The van der Waals surface area contributed by atoms with Gasteiger partial charge in [-0.2, -0.15) is 0 Å². The first-order chi connectivity index (χ1) is 8.43. The zero-order chi connectivity index (χ0) is 13.7. The maximum absolute atomic E-state index is 6.14. The Hall–Kier alpha value is -0.990. The Kier molecular flexibility index (Phi) is 5.70. The molecule has 104 valence electrons. The van der Waals surface area contributed by atoms with E-state index in [9.17, 15) is 0 Å². The summed E-state index contributed by atoms with van der Waals surface area (Å²) in [6, 6.07) is 0.411. The molecule has 0 unspecified atom stereocenters. The molecular formula is C15H29N3. The van der Waals surface area contributed by atoms with Gasteiger partial charge in [0.15, 0.2) is 0 Å². The number of amidine groups is 1. The van der Waals surface area contributed by atoms with E-state index in [4.69, 9.17) is 10.7 Å². The van der Waals surface area contributed by atoms with Crippen LogP contribution in [0.3, 0.4) is 0 Å². The van der Waals surface area contributed by atoms with E-state index in [0.29, 0.717) is 17.9 Å². The third-order valence-electron chi connectivity index (χ3n) is 3.11. The van der Waals surface area contributed by atoms with E-state index in [-0.39, 0.29) is 0 Å². The lowest BCUT2D eigenvalue weighted by Gasteiger charge is -2.32. The van der Waals surface area contributed by atoms with Gasteiger partial charge in [0, 0.05) is 13.1 Å². The number of aliphatic imine (C=N–C) groups is 1. The van der Waals surface area contributed by atoms with Crippen molar-refractivity contribution in [3.05, 3.63) is 11.8 Å². The lowest BCUT2D eigenvalue weighted by molar-refractivity contribution is 0.324. The Labute approximate surface area is 112 Å². The molecule has 1 heterocycles. The highest BCUT2D eigenvalue weighted by Crippen LogP contribution is 2.17. The molecule has 1 aliphatic rings. The molecule has 3 nitrogen and oxygen atoms in total. The molecule has 0 fully saturated rings. The maximum atomic E-state index is 6.14. The molecule has 1 aliphatic heterocycles.